The normalized spacial score (nSPS) is 51.7. The van der Waals surface area contributed by atoms with Crippen LogP contribution < -0.4 is 0 Å². The summed E-state index contributed by atoms with van der Waals surface area (Å²) in [4.78, 5) is 0. The summed E-state index contributed by atoms with van der Waals surface area (Å²) in [5.41, 5.74) is 0. The summed E-state index contributed by atoms with van der Waals surface area (Å²) in [5.74, 6) is 0. The van der Waals surface area contributed by atoms with E-state index in [-0.39, 0.29) is 0 Å². The molecular weight excluding hydrogens is 320 g/mol. The molecule has 0 unspecified atom stereocenters. The lowest BCUT2D eigenvalue weighted by Crippen LogP contribution is -2.63. The van der Waals surface area contributed by atoms with E-state index in [1.54, 1.807) is 0 Å². The third-order valence-corrected chi connectivity index (χ3v) is 3.97. The average molecular weight is 342 g/mol. The van der Waals surface area contributed by atoms with Gasteiger partial charge in [0, 0.05) is 0 Å². The van der Waals surface area contributed by atoms with Gasteiger partial charge in [-0.15, -0.1) is 0 Å². The van der Waals surface area contributed by atoms with E-state index in [1.807, 2.05) is 0 Å². The molecule has 0 amide bonds. The summed E-state index contributed by atoms with van der Waals surface area (Å²) in [5, 5.41) is 76.4. The smallest absolute Gasteiger partial charge is 0.189 e. The maximum Gasteiger partial charge on any atom is 0.189 e. The fourth-order valence-corrected chi connectivity index (χ4v) is 2.49. The molecule has 0 radical (unpaired) electrons. The zero-order valence-corrected chi connectivity index (χ0v) is 12.0. The molecule has 10 atom stereocenters. The van der Waals surface area contributed by atoms with Gasteiger partial charge in [0.25, 0.3) is 0 Å². The van der Waals surface area contributed by atoms with Crippen molar-refractivity contribution in [3.05, 3.63) is 0 Å². The molecule has 0 aromatic carbocycles. The van der Waals surface area contributed by atoms with Crippen LogP contribution in [-0.4, -0.2) is 115 Å². The molecule has 0 aromatic rings. The van der Waals surface area contributed by atoms with E-state index in [9.17, 15) is 30.6 Å². The van der Waals surface area contributed by atoms with Crippen molar-refractivity contribution in [1.29, 1.82) is 0 Å². The van der Waals surface area contributed by atoms with Gasteiger partial charge < -0.3 is 55.1 Å². The summed E-state index contributed by atoms with van der Waals surface area (Å²) < 4.78 is 15.3. The standard InChI is InChI=1S/C12H22O11/c13-1-3-5(15)7(17)9(19)11(21-3)23-12-10(20)8(18)6(16)4(2-14)22-12/h3-20H,1-2H2/t3-,4-,5+,6+,7-,8+,9-,10-,11+,12+/m0/s1. The predicted octanol–water partition coefficient (Wildman–Crippen LogP) is -5.40. The summed E-state index contributed by atoms with van der Waals surface area (Å²) in [6, 6.07) is 0. The minimum absolute atomic E-state index is 0.667. The largest absolute Gasteiger partial charge is 0.394 e. The minimum Gasteiger partial charge on any atom is -0.394 e. The van der Waals surface area contributed by atoms with Crippen molar-refractivity contribution in [3.63, 3.8) is 0 Å². The summed E-state index contributed by atoms with van der Waals surface area (Å²) in [6.45, 7) is -1.33. The van der Waals surface area contributed by atoms with Crippen LogP contribution in [0.2, 0.25) is 0 Å². The van der Waals surface area contributed by atoms with E-state index in [4.69, 9.17) is 24.4 Å². The Morgan fingerprint density at radius 2 is 0.913 bits per heavy atom. The van der Waals surface area contributed by atoms with Crippen LogP contribution in [0, 0.1) is 0 Å². The Bertz CT molecular complexity index is 344. The van der Waals surface area contributed by atoms with Crippen LogP contribution in [0.1, 0.15) is 0 Å². The van der Waals surface area contributed by atoms with Crippen LogP contribution >= 0.6 is 0 Å². The van der Waals surface area contributed by atoms with Crippen LogP contribution in [0.3, 0.4) is 0 Å². The molecule has 0 spiro atoms. The Kier molecular flexibility index (Phi) is 6.27. The first-order valence-corrected chi connectivity index (χ1v) is 7.08. The fourth-order valence-electron chi connectivity index (χ4n) is 2.49. The Morgan fingerprint density at radius 3 is 1.22 bits per heavy atom. The Balaban J connectivity index is 2.07. The molecule has 2 heterocycles. The lowest BCUT2D eigenvalue weighted by atomic mass is 9.98. The van der Waals surface area contributed by atoms with Gasteiger partial charge in [0.2, 0.25) is 0 Å². The molecule has 2 aliphatic rings. The zero-order valence-electron chi connectivity index (χ0n) is 12.0. The first-order chi connectivity index (χ1) is 10.8. The maximum atomic E-state index is 9.84. The number of aliphatic hydroxyl groups is 8. The van der Waals surface area contributed by atoms with E-state index in [1.165, 1.54) is 0 Å². The second-order valence-corrected chi connectivity index (χ2v) is 5.53. The quantitative estimate of drug-likeness (QED) is 0.243. The van der Waals surface area contributed by atoms with Gasteiger partial charge in [-0.2, -0.15) is 0 Å². The van der Waals surface area contributed by atoms with Gasteiger partial charge in [-0.25, -0.2) is 0 Å². The van der Waals surface area contributed by atoms with Crippen molar-refractivity contribution in [2.45, 2.75) is 61.4 Å². The molecule has 0 aromatic heterocycles. The molecule has 2 aliphatic heterocycles. The van der Waals surface area contributed by atoms with E-state index < -0.39 is 74.6 Å². The molecule has 0 aliphatic carbocycles. The first-order valence-electron chi connectivity index (χ1n) is 7.08. The molecule has 8 N–H and O–H groups in total. The predicted molar refractivity (Wildman–Crippen MR) is 68.6 cm³/mol. The van der Waals surface area contributed by atoms with Gasteiger partial charge in [0.05, 0.1) is 13.2 Å². The molecule has 0 bridgehead atoms. The van der Waals surface area contributed by atoms with Crippen molar-refractivity contribution in [3.8, 4) is 0 Å². The van der Waals surface area contributed by atoms with Crippen LogP contribution in [0.15, 0.2) is 0 Å². The number of hydrogen-bond donors (Lipinski definition) is 8. The van der Waals surface area contributed by atoms with Gasteiger partial charge in [0.1, 0.15) is 48.8 Å². The molecule has 2 rings (SSSR count). The first kappa shape index (κ1) is 18.9. The Labute approximate surface area is 130 Å². The molecule has 0 saturated carbocycles. The molecule has 2 saturated heterocycles. The number of rotatable bonds is 4. The van der Waals surface area contributed by atoms with Crippen molar-refractivity contribution >= 4 is 0 Å². The minimum atomic E-state index is -1.72. The van der Waals surface area contributed by atoms with Crippen molar-refractivity contribution in [2.75, 3.05) is 13.2 Å². The second-order valence-electron chi connectivity index (χ2n) is 5.53. The highest BCUT2D eigenvalue weighted by Gasteiger charge is 2.49. The van der Waals surface area contributed by atoms with E-state index in [2.05, 4.69) is 0 Å². The van der Waals surface area contributed by atoms with E-state index in [0.717, 1.165) is 0 Å². The Hall–Kier alpha value is -0.440. The fraction of sp³-hybridized carbons (Fsp3) is 1.00. The molecule has 136 valence electrons. The monoisotopic (exact) mass is 342 g/mol. The van der Waals surface area contributed by atoms with Crippen molar-refractivity contribution in [1.82, 2.24) is 0 Å². The van der Waals surface area contributed by atoms with Gasteiger partial charge in [-0.3, -0.25) is 0 Å². The van der Waals surface area contributed by atoms with Gasteiger partial charge in [-0.1, -0.05) is 0 Å². The lowest BCUT2D eigenvalue weighted by molar-refractivity contribution is -0.376. The second kappa shape index (κ2) is 7.63. The molecule has 2 fully saturated rings. The van der Waals surface area contributed by atoms with Gasteiger partial charge in [-0.05, 0) is 0 Å². The Morgan fingerprint density at radius 1 is 0.565 bits per heavy atom. The van der Waals surface area contributed by atoms with Crippen LogP contribution in [0.5, 0.6) is 0 Å². The van der Waals surface area contributed by atoms with Crippen molar-refractivity contribution in [2.24, 2.45) is 0 Å². The SMILES string of the molecule is OC[C@@H]1O[C@H](O[C@H]2O[C@@H](CO)[C@@H](O)[C@@H](O)[C@@H]2O)[C@@H](O)[C@@H](O)[C@@H]1O. The van der Waals surface area contributed by atoms with Crippen LogP contribution in [0.25, 0.3) is 0 Å². The zero-order chi connectivity index (χ0) is 17.3. The van der Waals surface area contributed by atoms with Gasteiger partial charge in [0.15, 0.2) is 12.6 Å². The molecule has 11 nitrogen and oxygen atoms in total. The number of ether oxygens (including phenoxy) is 3. The highest BCUT2D eigenvalue weighted by molar-refractivity contribution is 4.92. The summed E-state index contributed by atoms with van der Waals surface area (Å²) in [7, 11) is 0. The lowest BCUT2D eigenvalue weighted by Gasteiger charge is -2.44. The van der Waals surface area contributed by atoms with Gasteiger partial charge >= 0.3 is 0 Å². The van der Waals surface area contributed by atoms with Crippen molar-refractivity contribution < 1.29 is 55.1 Å². The third kappa shape index (κ3) is 3.65. The highest BCUT2D eigenvalue weighted by Crippen LogP contribution is 2.27. The topological polar surface area (TPSA) is 190 Å². The molecule has 11 heteroatoms. The van der Waals surface area contributed by atoms with E-state index in [0.29, 0.717) is 0 Å². The number of hydrogen-bond acceptors (Lipinski definition) is 11. The summed E-state index contributed by atoms with van der Waals surface area (Å²) >= 11 is 0. The average Bonchev–Trinajstić information content (AvgIpc) is 2.55. The molecular formula is C12H22O11. The molecule has 23 heavy (non-hydrogen) atoms. The highest BCUT2D eigenvalue weighted by atomic mass is 16.8. The van der Waals surface area contributed by atoms with Crippen LogP contribution in [0.4, 0.5) is 0 Å². The van der Waals surface area contributed by atoms with E-state index >= 15 is 0 Å². The maximum absolute atomic E-state index is 9.84. The number of aliphatic hydroxyl groups excluding tert-OH is 8. The summed E-state index contributed by atoms with van der Waals surface area (Å²) in [6.07, 6.45) is -15.6. The third-order valence-electron chi connectivity index (χ3n) is 3.97. The van der Waals surface area contributed by atoms with Crippen LogP contribution in [-0.2, 0) is 14.2 Å².